The van der Waals surface area contributed by atoms with Crippen molar-refractivity contribution in [1.29, 1.82) is 0 Å². The zero-order valence-corrected chi connectivity index (χ0v) is 26.4. The Morgan fingerprint density at radius 1 is 0.791 bits per heavy atom. The summed E-state index contributed by atoms with van der Waals surface area (Å²) >= 11 is 0. The number of pyridine rings is 2. The average molecular weight is 576 g/mol. The highest BCUT2D eigenvalue weighted by atomic mass is 16.5. The van der Waals surface area contributed by atoms with Crippen molar-refractivity contribution in [2.75, 3.05) is 23.5 Å². The first kappa shape index (κ1) is 28.6. The Kier molecular flexibility index (Phi) is 7.28. The molecule has 6 rings (SSSR count). The Morgan fingerprint density at radius 2 is 1.56 bits per heavy atom. The van der Waals surface area contributed by atoms with E-state index in [2.05, 4.69) is 111 Å². The molecule has 0 aliphatic carbocycles. The normalized spacial score (nSPS) is 13.3. The first-order valence-corrected chi connectivity index (χ1v) is 15.1. The fourth-order valence-corrected chi connectivity index (χ4v) is 5.76. The molecule has 0 spiro atoms. The van der Waals surface area contributed by atoms with Crippen LogP contribution in [0.4, 0.5) is 17.1 Å². The molecule has 7 heteroatoms. The molecule has 0 radical (unpaired) electrons. The molecule has 7 nitrogen and oxygen atoms in total. The minimum absolute atomic E-state index is 0.0279. The first-order valence-electron chi connectivity index (χ1n) is 15.1. The molecular formula is C36H41N5O2. The van der Waals surface area contributed by atoms with E-state index in [0.717, 1.165) is 40.7 Å². The van der Waals surface area contributed by atoms with Gasteiger partial charge < -0.3 is 19.3 Å². The van der Waals surface area contributed by atoms with E-state index in [1.54, 1.807) is 0 Å². The Labute approximate surface area is 254 Å². The van der Waals surface area contributed by atoms with Crippen LogP contribution >= 0.6 is 0 Å². The molecule has 0 saturated carbocycles. The average Bonchev–Trinajstić information content (AvgIpc) is 3.52. The molecule has 1 aliphatic heterocycles. The van der Waals surface area contributed by atoms with Crippen molar-refractivity contribution in [1.82, 2.24) is 14.4 Å². The van der Waals surface area contributed by atoms with E-state index in [9.17, 15) is 0 Å². The highest BCUT2D eigenvalue weighted by Gasteiger charge is 2.25. The van der Waals surface area contributed by atoms with Crippen LogP contribution in [0.25, 0.3) is 5.65 Å². The number of para-hydroxylation sites is 2. The quantitative estimate of drug-likeness (QED) is 0.193. The van der Waals surface area contributed by atoms with Crippen molar-refractivity contribution in [2.24, 2.45) is 0 Å². The number of benzene rings is 2. The molecule has 0 N–H and O–H groups in total. The molecule has 0 amide bonds. The summed E-state index contributed by atoms with van der Waals surface area (Å²) in [5.41, 5.74) is 7.59. The lowest BCUT2D eigenvalue weighted by molar-refractivity contribution is 0.423. The summed E-state index contributed by atoms with van der Waals surface area (Å²) in [6.45, 7) is 16.1. The van der Waals surface area contributed by atoms with Crippen LogP contribution in [0, 0.1) is 0 Å². The molecule has 2 aromatic carbocycles. The summed E-state index contributed by atoms with van der Waals surface area (Å²) in [4.78, 5) is 14.2. The second kappa shape index (κ2) is 11.0. The van der Waals surface area contributed by atoms with Crippen LogP contribution < -0.4 is 19.3 Å². The third-order valence-electron chi connectivity index (χ3n) is 7.93. The van der Waals surface area contributed by atoms with E-state index >= 15 is 0 Å². The number of nitrogens with zero attached hydrogens (tertiary/aromatic N) is 5. The monoisotopic (exact) mass is 575 g/mol. The zero-order valence-electron chi connectivity index (χ0n) is 26.4. The van der Waals surface area contributed by atoms with Gasteiger partial charge in [-0.3, -0.25) is 4.40 Å². The van der Waals surface area contributed by atoms with Gasteiger partial charge >= 0.3 is 0 Å². The molecule has 0 saturated heterocycles. The van der Waals surface area contributed by atoms with Gasteiger partial charge in [-0.1, -0.05) is 66.7 Å². The van der Waals surface area contributed by atoms with Crippen LogP contribution in [0.1, 0.15) is 77.3 Å². The smallest absolute Gasteiger partial charge is 0.221 e. The first-order chi connectivity index (χ1) is 20.5. The van der Waals surface area contributed by atoms with Crippen LogP contribution in [-0.4, -0.2) is 28.1 Å². The minimum atomic E-state index is -0.0279. The summed E-state index contributed by atoms with van der Waals surface area (Å²) in [6.07, 6.45) is 1.81. The molecule has 1 aliphatic rings. The maximum absolute atomic E-state index is 6.56. The third-order valence-corrected chi connectivity index (χ3v) is 7.93. The maximum Gasteiger partial charge on any atom is 0.221 e. The van der Waals surface area contributed by atoms with Gasteiger partial charge in [0.2, 0.25) is 11.8 Å². The SMILES string of the molecule is CC(C)c1nc2cc(Oc3cccc(N4CN(C)c5ccccc54)c3)cc(Oc3cc(C(C)(C)C)ccn3)n2c1C(C)C. The van der Waals surface area contributed by atoms with Crippen molar-refractivity contribution in [3.05, 3.63) is 95.9 Å². The van der Waals surface area contributed by atoms with Gasteiger partial charge in [0.15, 0.2) is 0 Å². The van der Waals surface area contributed by atoms with Crippen molar-refractivity contribution < 1.29 is 9.47 Å². The number of hydrogen-bond acceptors (Lipinski definition) is 6. The Bertz CT molecular complexity index is 1780. The summed E-state index contributed by atoms with van der Waals surface area (Å²) in [5, 5.41) is 0. The summed E-state index contributed by atoms with van der Waals surface area (Å²) in [5.74, 6) is 3.07. The molecule has 4 heterocycles. The largest absolute Gasteiger partial charge is 0.457 e. The lowest BCUT2D eigenvalue weighted by atomic mass is 9.88. The number of ether oxygens (including phenoxy) is 2. The molecule has 0 unspecified atom stereocenters. The fourth-order valence-electron chi connectivity index (χ4n) is 5.76. The van der Waals surface area contributed by atoms with Gasteiger partial charge in [-0.25, -0.2) is 9.97 Å². The second-order valence-corrected chi connectivity index (χ2v) is 13.0. The third kappa shape index (κ3) is 5.52. The Hall–Kier alpha value is -4.52. The van der Waals surface area contributed by atoms with Crippen molar-refractivity contribution in [2.45, 2.75) is 65.7 Å². The predicted molar refractivity (Wildman–Crippen MR) is 175 cm³/mol. The number of anilines is 3. The van der Waals surface area contributed by atoms with Crippen LogP contribution in [0.5, 0.6) is 23.3 Å². The molecule has 0 fully saturated rings. The molecule has 0 bridgehead atoms. The summed E-state index contributed by atoms with van der Waals surface area (Å²) in [7, 11) is 2.11. The molecular weight excluding hydrogens is 534 g/mol. The number of aromatic nitrogens is 3. The molecule has 5 aromatic rings. The lowest BCUT2D eigenvalue weighted by Crippen LogP contribution is -2.23. The number of imidazole rings is 1. The fraction of sp³-hybridized carbons (Fsp3) is 0.333. The van der Waals surface area contributed by atoms with E-state index in [1.165, 1.54) is 11.4 Å². The Balaban J connectivity index is 1.41. The van der Waals surface area contributed by atoms with Gasteiger partial charge in [-0.2, -0.15) is 0 Å². The number of rotatable bonds is 7. The van der Waals surface area contributed by atoms with Crippen molar-refractivity contribution in [3.8, 4) is 23.3 Å². The minimum Gasteiger partial charge on any atom is -0.457 e. The van der Waals surface area contributed by atoms with Gasteiger partial charge in [0.1, 0.15) is 17.1 Å². The van der Waals surface area contributed by atoms with E-state index in [1.807, 2.05) is 42.6 Å². The standard InChI is InChI=1S/C36H41N5O2/c1-23(2)34-35(24(3)4)41-31(38-34)20-28(21-33(41)43-32-18-25(16-17-37-32)36(5,6)7)42-27-13-11-12-26(19-27)40-22-39(8)29-14-9-10-15-30(29)40/h9-21,23-24H,22H2,1-8H3. The molecule has 43 heavy (non-hydrogen) atoms. The molecule has 0 atom stereocenters. The maximum atomic E-state index is 6.56. The van der Waals surface area contributed by atoms with Gasteiger partial charge in [0.05, 0.1) is 29.4 Å². The molecule has 3 aromatic heterocycles. The Morgan fingerprint density at radius 3 is 2.28 bits per heavy atom. The highest BCUT2D eigenvalue weighted by molar-refractivity contribution is 5.82. The highest BCUT2D eigenvalue weighted by Crippen LogP contribution is 2.41. The van der Waals surface area contributed by atoms with Crippen LogP contribution in [0.2, 0.25) is 0 Å². The zero-order chi connectivity index (χ0) is 30.5. The molecule has 222 valence electrons. The van der Waals surface area contributed by atoms with Crippen LogP contribution in [0.3, 0.4) is 0 Å². The van der Waals surface area contributed by atoms with Gasteiger partial charge in [-0.15, -0.1) is 0 Å². The van der Waals surface area contributed by atoms with Gasteiger partial charge in [-0.05, 0) is 53.1 Å². The summed E-state index contributed by atoms with van der Waals surface area (Å²) in [6, 6.07) is 24.7. The van der Waals surface area contributed by atoms with Crippen molar-refractivity contribution >= 4 is 22.7 Å². The van der Waals surface area contributed by atoms with Crippen molar-refractivity contribution in [3.63, 3.8) is 0 Å². The van der Waals surface area contributed by atoms with Crippen LogP contribution in [0.15, 0.2) is 79.0 Å². The van der Waals surface area contributed by atoms with E-state index in [0.29, 0.717) is 17.5 Å². The van der Waals surface area contributed by atoms with E-state index in [4.69, 9.17) is 14.5 Å². The van der Waals surface area contributed by atoms with Gasteiger partial charge in [0, 0.05) is 43.2 Å². The lowest BCUT2D eigenvalue weighted by Gasteiger charge is -2.21. The predicted octanol–water partition coefficient (Wildman–Crippen LogP) is 9.40. The topological polar surface area (TPSA) is 55.1 Å². The number of hydrogen-bond donors (Lipinski definition) is 0. The van der Waals surface area contributed by atoms with Gasteiger partial charge in [0.25, 0.3) is 0 Å². The van der Waals surface area contributed by atoms with E-state index < -0.39 is 0 Å². The van der Waals surface area contributed by atoms with Crippen LogP contribution in [-0.2, 0) is 5.41 Å². The van der Waals surface area contributed by atoms with E-state index in [-0.39, 0.29) is 17.3 Å². The second-order valence-electron chi connectivity index (χ2n) is 13.0. The number of fused-ring (bicyclic) bond motifs is 2. The summed E-state index contributed by atoms with van der Waals surface area (Å²) < 4.78 is 15.2.